The van der Waals surface area contributed by atoms with Gasteiger partial charge in [0.15, 0.2) is 0 Å². The Kier molecular flexibility index (Phi) is 6.13. The molecule has 0 unspecified atom stereocenters. The molecule has 32 heavy (non-hydrogen) atoms. The van der Waals surface area contributed by atoms with Crippen molar-refractivity contribution in [1.29, 1.82) is 0 Å². The third-order valence-electron chi connectivity index (χ3n) is 5.35. The Bertz CT molecular complexity index is 1380. The molecule has 4 heteroatoms. The Morgan fingerprint density at radius 2 is 1.62 bits per heavy atom. The summed E-state index contributed by atoms with van der Waals surface area (Å²) in [6.07, 6.45) is 1.91. The van der Waals surface area contributed by atoms with E-state index in [-0.39, 0.29) is 5.56 Å². The van der Waals surface area contributed by atoms with Gasteiger partial charge >= 0.3 is 5.97 Å². The molecule has 3 aromatic carbocycles. The topological polar surface area (TPSA) is 59.2 Å². The third-order valence-corrected chi connectivity index (χ3v) is 5.35. The molecule has 0 radical (unpaired) electrons. The number of allylic oxidation sites excluding steroid dienone is 1. The highest BCUT2D eigenvalue weighted by Crippen LogP contribution is 2.40. The summed E-state index contributed by atoms with van der Waals surface area (Å²) in [6, 6.07) is 26.8. The molecule has 0 aliphatic rings. The van der Waals surface area contributed by atoms with E-state index in [2.05, 4.69) is 30.6 Å². The minimum atomic E-state index is -0.517. The first-order valence-electron chi connectivity index (χ1n) is 10.5. The van der Waals surface area contributed by atoms with Gasteiger partial charge in [0.1, 0.15) is 5.75 Å². The highest BCUT2D eigenvalue weighted by atomic mass is 16.5. The predicted octanol–water partition coefficient (Wildman–Crippen LogP) is 5.99. The van der Waals surface area contributed by atoms with Crippen LogP contribution in [0.3, 0.4) is 0 Å². The van der Waals surface area contributed by atoms with Crippen LogP contribution in [0.4, 0.5) is 0 Å². The third kappa shape index (κ3) is 4.16. The van der Waals surface area contributed by atoms with Gasteiger partial charge in [-0.3, -0.25) is 4.79 Å². The Labute approximate surface area is 186 Å². The number of esters is 1. The second kappa shape index (κ2) is 9.31. The molecule has 0 atom stereocenters. The van der Waals surface area contributed by atoms with Gasteiger partial charge < -0.3 is 9.72 Å². The normalized spacial score (nSPS) is 11.7. The Morgan fingerprint density at radius 3 is 2.38 bits per heavy atom. The lowest BCUT2D eigenvalue weighted by Crippen LogP contribution is -2.07. The monoisotopic (exact) mass is 421 g/mol. The molecule has 0 saturated carbocycles. The van der Waals surface area contributed by atoms with Crippen molar-refractivity contribution in [3.63, 3.8) is 0 Å². The fourth-order valence-electron chi connectivity index (χ4n) is 3.95. The molecule has 0 bridgehead atoms. The van der Waals surface area contributed by atoms with Crippen molar-refractivity contribution in [2.75, 3.05) is 0 Å². The number of H-pyrrole nitrogens is 1. The number of carbonyl (C=O) groups excluding carboxylic acids is 1. The second-order valence-electron chi connectivity index (χ2n) is 7.28. The van der Waals surface area contributed by atoms with Gasteiger partial charge in [-0.15, -0.1) is 0 Å². The van der Waals surface area contributed by atoms with Gasteiger partial charge in [-0.05, 0) is 46.9 Å². The fraction of sp³-hybridized carbons (Fsp3) is 0.0714. The van der Waals surface area contributed by atoms with E-state index in [4.69, 9.17) is 4.74 Å². The lowest BCUT2D eigenvalue weighted by molar-refractivity contribution is -0.128. The summed E-state index contributed by atoms with van der Waals surface area (Å²) in [5, 5.41) is 0.911. The highest BCUT2D eigenvalue weighted by Gasteiger charge is 2.19. The number of benzene rings is 3. The molecular weight excluding hydrogens is 398 g/mol. The predicted molar refractivity (Wildman–Crippen MR) is 129 cm³/mol. The highest BCUT2D eigenvalue weighted by molar-refractivity contribution is 6.06. The van der Waals surface area contributed by atoms with Crippen molar-refractivity contribution in [2.24, 2.45) is 0 Å². The van der Waals surface area contributed by atoms with E-state index in [0.29, 0.717) is 5.75 Å². The molecule has 0 spiro atoms. The Hall–Kier alpha value is -4.18. The molecule has 0 saturated heterocycles. The number of nitrogens with one attached hydrogen (secondary N) is 1. The SMILES string of the molecule is C=CC(=O)Oc1ccccc1/C(=C(\CC)c1ccccc1)c1cccc2[nH]c(=O)ccc12. The van der Waals surface area contributed by atoms with E-state index < -0.39 is 5.97 Å². The van der Waals surface area contributed by atoms with Crippen LogP contribution in [0.1, 0.15) is 30.0 Å². The first-order valence-corrected chi connectivity index (χ1v) is 10.5. The van der Waals surface area contributed by atoms with Gasteiger partial charge in [-0.2, -0.15) is 0 Å². The molecular formula is C28H23NO3. The summed E-state index contributed by atoms with van der Waals surface area (Å²) in [6.45, 7) is 5.62. The van der Waals surface area contributed by atoms with Crippen LogP contribution in [-0.2, 0) is 4.79 Å². The second-order valence-corrected chi connectivity index (χ2v) is 7.28. The van der Waals surface area contributed by atoms with Crippen molar-refractivity contribution in [3.8, 4) is 5.75 Å². The Morgan fingerprint density at radius 1 is 0.906 bits per heavy atom. The zero-order chi connectivity index (χ0) is 22.5. The van der Waals surface area contributed by atoms with Crippen LogP contribution in [0, 0.1) is 0 Å². The van der Waals surface area contributed by atoms with Gasteiger partial charge in [-0.1, -0.05) is 74.2 Å². The average Bonchev–Trinajstić information content (AvgIpc) is 2.83. The summed E-state index contributed by atoms with van der Waals surface area (Å²) in [4.78, 5) is 26.9. The first-order chi connectivity index (χ1) is 15.6. The molecule has 0 aliphatic carbocycles. The number of para-hydroxylation sites is 1. The minimum Gasteiger partial charge on any atom is -0.423 e. The summed E-state index contributed by atoms with van der Waals surface area (Å²) >= 11 is 0. The quantitative estimate of drug-likeness (QED) is 0.180. The van der Waals surface area contributed by atoms with E-state index >= 15 is 0 Å². The van der Waals surface area contributed by atoms with Crippen LogP contribution < -0.4 is 10.3 Å². The molecule has 4 aromatic rings. The number of pyridine rings is 1. The van der Waals surface area contributed by atoms with Crippen LogP contribution >= 0.6 is 0 Å². The van der Waals surface area contributed by atoms with Crippen molar-refractivity contribution in [1.82, 2.24) is 4.98 Å². The number of ether oxygens (including phenoxy) is 1. The lowest BCUT2D eigenvalue weighted by atomic mass is 9.86. The molecule has 4 rings (SSSR count). The molecule has 1 aromatic heterocycles. The van der Waals surface area contributed by atoms with Gasteiger partial charge in [0, 0.05) is 28.6 Å². The maximum Gasteiger partial charge on any atom is 0.335 e. The summed E-state index contributed by atoms with van der Waals surface area (Å²) in [5.74, 6) is -0.0625. The minimum absolute atomic E-state index is 0.153. The molecule has 0 aliphatic heterocycles. The van der Waals surface area contributed by atoms with Crippen LogP contribution in [-0.4, -0.2) is 11.0 Å². The number of hydrogen-bond acceptors (Lipinski definition) is 3. The van der Waals surface area contributed by atoms with E-state index in [9.17, 15) is 9.59 Å². The van der Waals surface area contributed by atoms with E-state index in [1.54, 1.807) is 6.07 Å². The summed E-state index contributed by atoms with van der Waals surface area (Å²) in [5.41, 5.74) is 5.46. The van der Waals surface area contributed by atoms with Gasteiger partial charge in [0.25, 0.3) is 0 Å². The zero-order valence-corrected chi connectivity index (χ0v) is 17.8. The number of rotatable bonds is 6. The molecule has 0 fully saturated rings. The smallest absolute Gasteiger partial charge is 0.335 e. The molecule has 4 nitrogen and oxygen atoms in total. The van der Waals surface area contributed by atoms with Crippen molar-refractivity contribution >= 4 is 28.0 Å². The number of aromatic nitrogens is 1. The van der Waals surface area contributed by atoms with Crippen LogP contribution in [0.25, 0.3) is 22.0 Å². The number of hydrogen-bond donors (Lipinski definition) is 1. The van der Waals surface area contributed by atoms with Crippen molar-refractivity contribution in [3.05, 3.63) is 125 Å². The first kappa shape index (κ1) is 21.1. The molecule has 1 N–H and O–H groups in total. The fourth-order valence-corrected chi connectivity index (χ4v) is 3.95. The summed E-state index contributed by atoms with van der Waals surface area (Å²) < 4.78 is 5.61. The zero-order valence-electron chi connectivity index (χ0n) is 17.8. The van der Waals surface area contributed by atoms with Crippen molar-refractivity contribution < 1.29 is 9.53 Å². The van der Waals surface area contributed by atoms with Crippen LogP contribution in [0.15, 0.2) is 102 Å². The maximum atomic E-state index is 12.1. The van der Waals surface area contributed by atoms with E-state index in [1.165, 1.54) is 6.07 Å². The maximum absolute atomic E-state index is 12.1. The number of aromatic amines is 1. The van der Waals surface area contributed by atoms with E-state index in [0.717, 1.165) is 51.2 Å². The van der Waals surface area contributed by atoms with Gasteiger partial charge in [0.05, 0.1) is 0 Å². The Balaban J connectivity index is 2.10. The summed E-state index contributed by atoms with van der Waals surface area (Å²) in [7, 11) is 0. The molecule has 158 valence electrons. The van der Waals surface area contributed by atoms with Crippen LogP contribution in [0.5, 0.6) is 5.75 Å². The molecule has 0 amide bonds. The van der Waals surface area contributed by atoms with Crippen molar-refractivity contribution in [2.45, 2.75) is 13.3 Å². The lowest BCUT2D eigenvalue weighted by Gasteiger charge is -2.20. The van der Waals surface area contributed by atoms with Gasteiger partial charge in [0.2, 0.25) is 5.56 Å². The number of carbonyl (C=O) groups is 1. The average molecular weight is 421 g/mol. The molecule has 1 heterocycles. The number of fused-ring (bicyclic) bond motifs is 1. The largest absolute Gasteiger partial charge is 0.423 e. The van der Waals surface area contributed by atoms with Gasteiger partial charge in [-0.25, -0.2) is 4.79 Å². The van der Waals surface area contributed by atoms with E-state index in [1.807, 2.05) is 60.7 Å². The standard InChI is InChI=1S/C28H23NO3/c1-3-20(19-11-6-5-7-12-19)28(23-13-8-9-16-25(23)32-27(31)4-2)22-14-10-15-24-21(22)17-18-26(30)29-24/h4-18H,2-3H2,1H3,(H,29,30)/b28-20+. The van der Waals surface area contributed by atoms with Crippen LogP contribution in [0.2, 0.25) is 0 Å².